The van der Waals surface area contributed by atoms with Crippen LogP contribution in [0.1, 0.15) is 13.3 Å². The second kappa shape index (κ2) is 6.49. The molecule has 0 bridgehead atoms. The molecule has 0 aliphatic carbocycles. The Kier molecular flexibility index (Phi) is 6.51. The Bertz CT molecular complexity index is 199. The zero-order chi connectivity index (χ0) is 10.3. The van der Waals surface area contributed by atoms with Gasteiger partial charge >= 0.3 is 5.97 Å². The molecule has 0 heterocycles. The fourth-order valence-electron chi connectivity index (χ4n) is 0.731. The van der Waals surface area contributed by atoms with Crippen molar-refractivity contribution < 1.29 is 18.6 Å². The first-order valence-electron chi connectivity index (χ1n) is 3.88. The van der Waals surface area contributed by atoms with Gasteiger partial charge in [-0.1, -0.05) is 0 Å². The van der Waals surface area contributed by atoms with Crippen molar-refractivity contribution in [2.75, 3.05) is 27.0 Å². The summed E-state index contributed by atoms with van der Waals surface area (Å²) < 4.78 is 14.9. The highest BCUT2D eigenvalue weighted by Gasteiger charge is 2.14. The maximum absolute atomic E-state index is 10.4. The van der Waals surface area contributed by atoms with Gasteiger partial charge in [0.1, 0.15) is 0 Å². The van der Waals surface area contributed by atoms with Gasteiger partial charge in [-0.3, -0.25) is 4.79 Å². The first kappa shape index (κ1) is 13.0. The first-order chi connectivity index (χ1) is 6.04. The normalized spacial score (nSPS) is 11.3. The van der Waals surface area contributed by atoms with Crippen molar-refractivity contribution in [1.82, 2.24) is 0 Å². The highest BCUT2D eigenvalue weighted by Crippen LogP contribution is 2.47. The number of ether oxygens (including phenoxy) is 1. The van der Waals surface area contributed by atoms with Crippen LogP contribution in [-0.2, 0) is 30.4 Å². The standard InChI is InChI=1S/C7H15O4PS/c1-7(8)11-5-4-6-12(13,9-2)10-3/h4-6H2,1-3H3. The molecule has 0 fully saturated rings. The summed E-state index contributed by atoms with van der Waals surface area (Å²) in [4.78, 5) is 10.4. The maximum atomic E-state index is 10.4. The number of rotatable bonds is 6. The van der Waals surface area contributed by atoms with Gasteiger partial charge in [0.15, 0.2) is 6.49 Å². The predicted octanol–water partition coefficient (Wildman–Crippen LogP) is 1.54. The summed E-state index contributed by atoms with van der Waals surface area (Å²) in [6.07, 6.45) is 1.31. The van der Waals surface area contributed by atoms with Crippen LogP contribution >= 0.6 is 6.49 Å². The Morgan fingerprint density at radius 1 is 1.38 bits per heavy atom. The van der Waals surface area contributed by atoms with Crippen molar-refractivity contribution >= 4 is 24.3 Å². The first-order valence-corrected chi connectivity index (χ1v) is 6.70. The van der Waals surface area contributed by atoms with Crippen molar-refractivity contribution in [3.63, 3.8) is 0 Å². The van der Waals surface area contributed by atoms with E-state index in [9.17, 15) is 4.79 Å². The molecule has 0 aliphatic rings. The van der Waals surface area contributed by atoms with Crippen LogP contribution in [-0.4, -0.2) is 33.0 Å². The third kappa shape index (κ3) is 6.16. The number of hydrogen-bond donors (Lipinski definition) is 0. The Morgan fingerprint density at radius 2 is 1.92 bits per heavy atom. The fraction of sp³-hybridized carbons (Fsp3) is 0.857. The largest absolute Gasteiger partial charge is 0.466 e. The van der Waals surface area contributed by atoms with Crippen LogP contribution < -0.4 is 0 Å². The molecular weight excluding hydrogens is 211 g/mol. The summed E-state index contributed by atoms with van der Waals surface area (Å²) in [6, 6.07) is 0. The molecule has 0 saturated heterocycles. The lowest BCUT2D eigenvalue weighted by Crippen LogP contribution is -2.03. The minimum Gasteiger partial charge on any atom is -0.466 e. The zero-order valence-corrected chi connectivity index (χ0v) is 9.82. The summed E-state index contributed by atoms with van der Waals surface area (Å²) in [7, 11) is 3.08. The number of esters is 1. The highest BCUT2D eigenvalue weighted by molar-refractivity contribution is 8.09. The van der Waals surface area contributed by atoms with Gasteiger partial charge in [0.05, 0.1) is 6.61 Å². The molecule has 0 aliphatic heterocycles. The zero-order valence-electron chi connectivity index (χ0n) is 8.11. The minimum atomic E-state index is -2.10. The summed E-state index contributed by atoms with van der Waals surface area (Å²) in [5, 5.41) is 0. The van der Waals surface area contributed by atoms with E-state index in [4.69, 9.17) is 25.6 Å². The van der Waals surface area contributed by atoms with Gasteiger partial charge in [0, 0.05) is 27.3 Å². The van der Waals surface area contributed by atoms with Crippen LogP contribution in [0.2, 0.25) is 0 Å². The monoisotopic (exact) mass is 226 g/mol. The number of carbonyl (C=O) groups excluding carboxylic acids is 1. The molecule has 0 atom stereocenters. The molecular formula is C7H15O4PS. The van der Waals surface area contributed by atoms with Gasteiger partial charge in [-0.25, -0.2) is 0 Å². The Morgan fingerprint density at radius 3 is 2.31 bits per heavy atom. The quantitative estimate of drug-likeness (QED) is 0.390. The Hall–Kier alpha value is 0.0400. The van der Waals surface area contributed by atoms with E-state index < -0.39 is 6.49 Å². The van der Waals surface area contributed by atoms with Gasteiger partial charge in [0.2, 0.25) is 0 Å². The van der Waals surface area contributed by atoms with E-state index in [0.717, 1.165) is 0 Å². The lowest BCUT2D eigenvalue weighted by molar-refractivity contribution is -0.140. The van der Waals surface area contributed by atoms with Crippen LogP contribution in [0.25, 0.3) is 0 Å². The van der Waals surface area contributed by atoms with Crippen molar-refractivity contribution in [2.24, 2.45) is 0 Å². The Balaban J connectivity index is 3.62. The van der Waals surface area contributed by atoms with Crippen LogP contribution in [0.4, 0.5) is 0 Å². The van der Waals surface area contributed by atoms with Crippen LogP contribution in [0.15, 0.2) is 0 Å². The lowest BCUT2D eigenvalue weighted by Gasteiger charge is -2.16. The maximum Gasteiger partial charge on any atom is 0.302 e. The second-order valence-corrected chi connectivity index (χ2v) is 6.46. The molecule has 0 spiro atoms. The van der Waals surface area contributed by atoms with Gasteiger partial charge in [-0.05, 0) is 18.2 Å². The predicted molar refractivity (Wildman–Crippen MR) is 54.4 cm³/mol. The summed E-state index contributed by atoms with van der Waals surface area (Å²) in [5.74, 6) is -0.275. The van der Waals surface area contributed by atoms with Crippen molar-refractivity contribution in [2.45, 2.75) is 13.3 Å². The van der Waals surface area contributed by atoms with Crippen LogP contribution in [0.5, 0.6) is 0 Å². The third-order valence-electron chi connectivity index (χ3n) is 1.44. The fourth-order valence-corrected chi connectivity index (χ4v) is 2.15. The van der Waals surface area contributed by atoms with E-state index >= 15 is 0 Å². The van der Waals surface area contributed by atoms with Crippen molar-refractivity contribution in [1.29, 1.82) is 0 Å². The SMILES string of the molecule is COP(=S)(CCCOC(C)=O)OC. The molecule has 0 radical (unpaired) electrons. The van der Waals surface area contributed by atoms with Gasteiger partial charge in [0.25, 0.3) is 0 Å². The van der Waals surface area contributed by atoms with Gasteiger partial charge < -0.3 is 13.8 Å². The molecule has 13 heavy (non-hydrogen) atoms. The lowest BCUT2D eigenvalue weighted by atomic mass is 10.5. The van der Waals surface area contributed by atoms with Gasteiger partial charge in [-0.2, -0.15) is 0 Å². The van der Waals surface area contributed by atoms with Gasteiger partial charge in [-0.15, -0.1) is 0 Å². The molecule has 6 heteroatoms. The highest BCUT2D eigenvalue weighted by atomic mass is 32.5. The summed E-state index contributed by atoms with van der Waals surface area (Å²) >= 11 is 5.11. The third-order valence-corrected chi connectivity index (χ3v) is 4.86. The summed E-state index contributed by atoms with van der Waals surface area (Å²) in [5.41, 5.74) is 0. The molecule has 0 rings (SSSR count). The molecule has 0 N–H and O–H groups in total. The average Bonchev–Trinajstić information content (AvgIpc) is 2.12. The number of hydrogen-bond acceptors (Lipinski definition) is 5. The topological polar surface area (TPSA) is 44.8 Å². The van der Waals surface area contributed by atoms with E-state index in [0.29, 0.717) is 19.2 Å². The molecule has 0 amide bonds. The molecule has 0 aromatic carbocycles. The molecule has 4 nitrogen and oxygen atoms in total. The number of carbonyl (C=O) groups is 1. The van der Waals surface area contributed by atoms with E-state index in [1.54, 1.807) is 0 Å². The molecule has 0 aromatic rings. The van der Waals surface area contributed by atoms with Crippen molar-refractivity contribution in [3.8, 4) is 0 Å². The molecule has 0 aromatic heterocycles. The molecule has 0 saturated carbocycles. The smallest absolute Gasteiger partial charge is 0.302 e. The Labute approximate surface area is 83.7 Å². The van der Waals surface area contributed by atoms with E-state index in [1.807, 2.05) is 0 Å². The van der Waals surface area contributed by atoms with E-state index in [1.165, 1.54) is 21.1 Å². The molecule has 0 unspecified atom stereocenters. The minimum absolute atomic E-state index is 0.275. The van der Waals surface area contributed by atoms with E-state index in [2.05, 4.69) is 0 Å². The molecule has 78 valence electrons. The average molecular weight is 226 g/mol. The van der Waals surface area contributed by atoms with Crippen molar-refractivity contribution in [3.05, 3.63) is 0 Å². The van der Waals surface area contributed by atoms with Crippen LogP contribution in [0, 0.1) is 0 Å². The van der Waals surface area contributed by atoms with Crippen LogP contribution in [0.3, 0.4) is 0 Å². The second-order valence-electron chi connectivity index (χ2n) is 2.39. The van der Waals surface area contributed by atoms with E-state index in [-0.39, 0.29) is 5.97 Å². The summed E-state index contributed by atoms with van der Waals surface area (Å²) in [6.45, 7) is -0.346.